The second kappa shape index (κ2) is 7.38. The van der Waals surface area contributed by atoms with Gasteiger partial charge in [0.15, 0.2) is 0 Å². The van der Waals surface area contributed by atoms with E-state index in [9.17, 15) is 17.6 Å². The zero-order chi connectivity index (χ0) is 16.9. The lowest BCUT2D eigenvalue weighted by Crippen LogP contribution is -2.39. The standard InChI is InChI=1S/C15H17FN2O4S/c1-23(20,21)18(10-14-3-2-8-22-14)11-15(19)17-9-12-4-6-13(16)7-5-12/h2-8H,9-11H2,1H3,(H,17,19). The van der Waals surface area contributed by atoms with E-state index >= 15 is 0 Å². The van der Waals surface area contributed by atoms with Crippen molar-refractivity contribution in [3.8, 4) is 0 Å². The predicted octanol–water partition coefficient (Wildman–Crippen LogP) is 1.50. The van der Waals surface area contributed by atoms with Gasteiger partial charge in [0.05, 0.1) is 25.6 Å². The zero-order valence-electron chi connectivity index (χ0n) is 12.5. The van der Waals surface area contributed by atoms with Gasteiger partial charge in [-0.2, -0.15) is 4.31 Å². The third-order valence-electron chi connectivity index (χ3n) is 3.10. The third-order valence-corrected chi connectivity index (χ3v) is 4.30. The summed E-state index contributed by atoms with van der Waals surface area (Å²) in [5.74, 6) is -0.366. The summed E-state index contributed by atoms with van der Waals surface area (Å²) >= 11 is 0. The number of carbonyl (C=O) groups excluding carboxylic acids is 1. The van der Waals surface area contributed by atoms with Crippen LogP contribution in [0.25, 0.3) is 0 Å². The first-order valence-electron chi connectivity index (χ1n) is 6.83. The summed E-state index contributed by atoms with van der Waals surface area (Å²) in [5, 5.41) is 2.60. The zero-order valence-corrected chi connectivity index (χ0v) is 13.3. The number of sulfonamides is 1. The minimum atomic E-state index is -3.56. The molecule has 2 aromatic rings. The van der Waals surface area contributed by atoms with E-state index in [0.717, 1.165) is 16.1 Å². The number of amides is 1. The van der Waals surface area contributed by atoms with Gasteiger partial charge in [0.25, 0.3) is 0 Å². The Hall–Kier alpha value is -2.19. The molecule has 2 rings (SSSR count). The van der Waals surface area contributed by atoms with Crippen LogP contribution in [0.2, 0.25) is 0 Å². The molecule has 0 fully saturated rings. The number of hydrogen-bond acceptors (Lipinski definition) is 4. The molecule has 0 atom stereocenters. The van der Waals surface area contributed by atoms with Crippen molar-refractivity contribution in [2.24, 2.45) is 0 Å². The van der Waals surface area contributed by atoms with Gasteiger partial charge in [-0.25, -0.2) is 12.8 Å². The summed E-state index contributed by atoms with van der Waals surface area (Å²) in [6.45, 7) is -0.145. The minimum Gasteiger partial charge on any atom is -0.468 e. The topological polar surface area (TPSA) is 79.6 Å². The summed E-state index contributed by atoms with van der Waals surface area (Å²) < 4.78 is 42.5. The van der Waals surface area contributed by atoms with Crippen LogP contribution < -0.4 is 5.32 Å². The number of nitrogens with zero attached hydrogens (tertiary/aromatic N) is 1. The van der Waals surface area contributed by atoms with E-state index in [-0.39, 0.29) is 25.5 Å². The Morgan fingerprint density at radius 3 is 2.52 bits per heavy atom. The van der Waals surface area contributed by atoms with Crippen LogP contribution in [-0.2, 0) is 27.9 Å². The molecule has 1 N–H and O–H groups in total. The van der Waals surface area contributed by atoms with Crippen LogP contribution in [0.4, 0.5) is 4.39 Å². The fourth-order valence-corrected chi connectivity index (χ4v) is 2.60. The van der Waals surface area contributed by atoms with Crippen LogP contribution in [0.5, 0.6) is 0 Å². The maximum atomic E-state index is 12.8. The summed E-state index contributed by atoms with van der Waals surface area (Å²) in [6, 6.07) is 8.96. The molecule has 124 valence electrons. The Bertz CT molecular complexity index is 742. The minimum absolute atomic E-state index is 0.0181. The van der Waals surface area contributed by atoms with E-state index in [1.165, 1.54) is 18.4 Å². The van der Waals surface area contributed by atoms with Crippen molar-refractivity contribution in [2.75, 3.05) is 12.8 Å². The molecule has 8 heteroatoms. The van der Waals surface area contributed by atoms with Crippen molar-refractivity contribution >= 4 is 15.9 Å². The molecule has 0 aliphatic carbocycles. The maximum absolute atomic E-state index is 12.8. The van der Waals surface area contributed by atoms with Crippen LogP contribution in [0.1, 0.15) is 11.3 Å². The van der Waals surface area contributed by atoms with E-state index in [0.29, 0.717) is 5.76 Å². The maximum Gasteiger partial charge on any atom is 0.235 e. The van der Waals surface area contributed by atoms with Gasteiger partial charge in [-0.3, -0.25) is 4.79 Å². The Balaban J connectivity index is 1.93. The molecule has 6 nitrogen and oxygen atoms in total. The highest BCUT2D eigenvalue weighted by atomic mass is 32.2. The van der Waals surface area contributed by atoms with Gasteiger partial charge < -0.3 is 9.73 Å². The van der Waals surface area contributed by atoms with Crippen LogP contribution in [0.3, 0.4) is 0 Å². The molecule has 0 aliphatic rings. The normalized spacial score (nSPS) is 11.6. The molecule has 1 heterocycles. The largest absolute Gasteiger partial charge is 0.468 e. The monoisotopic (exact) mass is 340 g/mol. The van der Waals surface area contributed by atoms with Gasteiger partial charge in [-0.05, 0) is 29.8 Å². The molecule has 0 saturated heterocycles. The van der Waals surface area contributed by atoms with Crippen molar-refractivity contribution in [1.29, 1.82) is 0 Å². The van der Waals surface area contributed by atoms with Crippen LogP contribution in [-0.4, -0.2) is 31.4 Å². The number of halogens is 1. The summed E-state index contributed by atoms with van der Waals surface area (Å²) in [7, 11) is -3.56. The number of nitrogens with one attached hydrogen (secondary N) is 1. The van der Waals surface area contributed by atoms with Crippen LogP contribution in [0.15, 0.2) is 47.1 Å². The van der Waals surface area contributed by atoms with E-state index in [2.05, 4.69) is 5.32 Å². The van der Waals surface area contributed by atoms with Gasteiger partial charge >= 0.3 is 0 Å². The quantitative estimate of drug-likeness (QED) is 0.828. The Labute approximate surface area is 134 Å². The Morgan fingerprint density at radius 2 is 1.96 bits per heavy atom. The van der Waals surface area contributed by atoms with Gasteiger partial charge in [-0.15, -0.1) is 0 Å². The summed E-state index contributed by atoms with van der Waals surface area (Å²) in [6.07, 6.45) is 2.47. The highest BCUT2D eigenvalue weighted by molar-refractivity contribution is 7.88. The second-order valence-electron chi connectivity index (χ2n) is 5.01. The average molecular weight is 340 g/mol. The van der Waals surface area contributed by atoms with Crippen molar-refractivity contribution in [2.45, 2.75) is 13.1 Å². The molecule has 0 unspecified atom stereocenters. The fraction of sp³-hybridized carbons (Fsp3) is 0.267. The number of benzene rings is 1. The lowest BCUT2D eigenvalue weighted by atomic mass is 10.2. The molecule has 1 aromatic heterocycles. The molecule has 23 heavy (non-hydrogen) atoms. The first-order valence-corrected chi connectivity index (χ1v) is 8.68. The lowest BCUT2D eigenvalue weighted by molar-refractivity contribution is -0.121. The van der Waals surface area contributed by atoms with Crippen LogP contribution >= 0.6 is 0 Å². The van der Waals surface area contributed by atoms with E-state index in [1.807, 2.05) is 0 Å². The molecule has 0 bridgehead atoms. The first kappa shape index (κ1) is 17.2. The summed E-state index contributed by atoms with van der Waals surface area (Å²) in [4.78, 5) is 11.9. The number of hydrogen-bond donors (Lipinski definition) is 1. The van der Waals surface area contributed by atoms with Gasteiger partial charge in [0.1, 0.15) is 11.6 Å². The van der Waals surface area contributed by atoms with Crippen LogP contribution in [0, 0.1) is 5.82 Å². The highest BCUT2D eigenvalue weighted by Gasteiger charge is 2.21. The molecule has 1 amide bonds. The van der Waals surface area contributed by atoms with Crippen molar-refractivity contribution in [1.82, 2.24) is 9.62 Å². The summed E-state index contributed by atoms with van der Waals surface area (Å²) in [5.41, 5.74) is 0.719. The SMILES string of the molecule is CS(=O)(=O)N(CC(=O)NCc1ccc(F)cc1)Cc1ccco1. The third kappa shape index (κ3) is 5.50. The first-order chi connectivity index (χ1) is 10.8. The lowest BCUT2D eigenvalue weighted by Gasteiger charge is -2.18. The van der Waals surface area contributed by atoms with Gasteiger partial charge in [-0.1, -0.05) is 12.1 Å². The molecule has 0 radical (unpaired) electrons. The Morgan fingerprint density at radius 1 is 1.26 bits per heavy atom. The van der Waals surface area contributed by atoms with Crippen molar-refractivity contribution in [3.63, 3.8) is 0 Å². The molecule has 1 aromatic carbocycles. The second-order valence-corrected chi connectivity index (χ2v) is 7.00. The fourth-order valence-electron chi connectivity index (χ4n) is 1.89. The van der Waals surface area contributed by atoms with E-state index < -0.39 is 15.9 Å². The van der Waals surface area contributed by atoms with Crippen molar-refractivity contribution < 1.29 is 22.0 Å². The number of carbonyl (C=O) groups is 1. The smallest absolute Gasteiger partial charge is 0.235 e. The van der Waals surface area contributed by atoms with E-state index in [1.54, 1.807) is 24.3 Å². The molecular weight excluding hydrogens is 323 g/mol. The predicted molar refractivity (Wildman–Crippen MR) is 82.2 cm³/mol. The highest BCUT2D eigenvalue weighted by Crippen LogP contribution is 2.09. The van der Waals surface area contributed by atoms with Crippen molar-refractivity contribution in [3.05, 3.63) is 59.8 Å². The molecule has 0 saturated carbocycles. The molecular formula is C15H17FN2O4S. The van der Waals surface area contributed by atoms with E-state index in [4.69, 9.17) is 4.42 Å². The molecule has 0 spiro atoms. The average Bonchev–Trinajstić information content (AvgIpc) is 2.98. The Kier molecular flexibility index (Phi) is 5.51. The number of rotatable bonds is 7. The van der Waals surface area contributed by atoms with Gasteiger partial charge in [0, 0.05) is 6.54 Å². The molecule has 0 aliphatic heterocycles. The number of furan rings is 1. The van der Waals surface area contributed by atoms with Gasteiger partial charge in [0.2, 0.25) is 15.9 Å².